The standard InChI is InChI=1S/C24H21N5O3/c1-27-15-28(24(30)20-4-2-3-5-23(20)27)18-10-6-16(7-11-18)21-14-22(26-25-21)17-8-12-19(13-9-17)29(31)32/h2-13,22,26H,14-15H2,1H3. The first-order valence-electron chi connectivity index (χ1n) is 10.3. The molecule has 1 N–H and O–H groups in total. The summed E-state index contributed by atoms with van der Waals surface area (Å²) in [6, 6.07) is 22.0. The monoisotopic (exact) mass is 427 g/mol. The quantitative estimate of drug-likeness (QED) is 0.500. The zero-order chi connectivity index (χ0) is 22.2. The van der Waals surface area contributed by atoms with Gasteiger partial charge in [-0.25, -0.2) is 0 Å². The van der Waals surface area contributed by atoms with E-state index >= 15 is 0 Å². The molecule has 160 valence electrons. The lowest BCUT2D eigenvalue weighted by Gasteiger charge is -2.35. The van der Waals surface area contributed by atoms with Gasteiger partial charge in [0.25, 0.3) is 11.6 Å². The number of hydrazone groups is 1. The smallest absolute Gasteiger partial charge is 0.269 e. The number of rotatable bonds is 4. The summed E-state index contributed by atoms with van der Waals surface area (Å²) in [6.45, 7) is 0.486. The van der Waals surface area contributed by atoms with Crippen molar-refractivity contribution in [2.24, 2.45) is 5.10 Å². The van der Waals surface area contributed by atoms with E-state index in [9.17, 15) is 14.9 Å². The number of nitrogens with one attached hydrogen (secondary N) is 1. The fourth-order valence-corrected chi connectivity index (χ4v) is 4.16. The molecule has 0 radical (unpaired) electrons. The van der Waals surface area contributed by atoms with Gasteiger partial charge >= 0.3 is 0 Å². The number of amides is 1. The normalized spacial score (nSPS) is 17.6. The minimum Gasteiger partial charge on any atom is -0.356 e. The van der Waals surface area contributed by atoms with Gasteiger partial charge in [-0.05, 0) is 35.4 Å². The molecule has 0 aliphatic carbocycles. The van der Waals surface area contributed by atoms with Gasteiger partial charge in [-0.1, -0.05) is 36.4 Å². The lowest BCUT2D eigenvalue weighted by Crippen LogP contribution is -2.45. The van der Waals surface area contributed by atoms with Crippen molar-refractivity contribution in [3.63, 3.8) is 0 Å². The van der Waals surface area contributed by atoms with Gasteiger partial charge in [0.15, 0.2) is 0 Å². The molecule has 0 aromatic heterocycles. The summed E-state index contributed by atoms with van der Waals surface area (Å²) < 4.78 is 0. The Morgan fingerprint density at radius 3 is 2.47 bits per heavy atom. The first-order chi connectivity index (χ1) is 15.5. The number of carbonyl (C=O) groups is 1. The minimum absolute atomic E-state index is 0.00967. The van der Waals surface area contributed by atoms with E-state index in [1.165, 1.54) is 12.1 Å². The molecule has 2 heterocycles. The number of nitrogens with zero attached hydrogens (tertiary/aromatic N) is 4. The summed E-state index contributed by atoms with van der Waals surface area (Å²) in [7, 11) is 1.98. The molecule has 2 aliphatic rings. The molecule has 1 unspecified atom stereocenters. The molecule has 0 spiro atoms. The summed E-state index contributed by atoms with van der Waals surface area (Å²) in [5, 5.41) is 15.3. The van der Waals surface area contributed by atoms with Crippen LogP contribution in [-0.4, -0.2) is 30.3 Å². The predicted octanol–water partition coefficient (Wildman–Crippen LogP) is 4.09. The molecule has 8 heteroatoms. The second kappa shape index (κ2) is 7.81. The highest BCUT2D eigenvalue weighted by atomic mass is 16.6. The molecule has 0 saturated heterocycles. The topological polar surface area (TPSA) is 91.1 Å². The highest BCUT2D eigenvalue weighted by Crippen LogP contribution is 2.31. The van der Waals surface area contributed by atoms with Crippen molar-refractivity contribution in [3.05, 3.63) is 99.6 Å². The minimum atomic E-state index is -0.404. The van der Waals surface area contributed by atoms with Gasteiger partial charge in [0, 0.05) is 31.3 Å². The van der Waals surface area contributed by atoms with Crippen LogP contribution in [0.5, 0.6) is 0 Å². The van der Waals surface area contributed by atoms with Crippen LogP contribution in [0.1, 0.15) is 33.9 Å². The summed E-state index contributed by atoms with van der Waals surface area (Å²) in [5.74, 6) is -0.00967. The van der Waals surface area contributed by atoms with E-state index < -0.39 is 4.92 Å². The maximum absolute atomic E-state index is 13.0. The second-order valence-corrected chi connectivity index (χ2v) is 7.93. The van der Waals surface area contributed by atoms with Crippen LogP contribution in [-0.2, 0) is 0 Å². The number of nitro benzene ring substituents is 1. The Hall–Kier alpha value is -4.20. The highest BCUT2D eigenvalue weighted by Gasteiger charge is 2.28. The molecule has 8 nitrogen and oxygen atoms in total. The fraction of sp³-hybridized carbons (Fsp3) is 0.167. The maximum Gasteiger partial charge on any atom is 0.269 e. The largest absolute Gasteiger partial charge is 0.356 e. The average molecular weight is 427 g/mol. The lowest BCUT2D eigenvalue weighted by molar-refractivity contribution is -0.384. The van der Waals surface area contributed by atoms with Crippen molar-refractivity contribution < 1.29 is 9.72 Å². The Morgan fingerprint density at radius 1 is 1.03 bits per heavy atom. The molecule has 2 aliphatic heterocycles. The van der Waals surface area contributed by atoms with Crippen molar-refractivity contribution >= 4 is 28.7 Å². The zero-order valence-corrected chi connectivity index (χ0v) is 17.4. The van der Waals surface area contributed by atoms with Gasteiger partial charge in [-0.15, -0.1) is 0 Å². The summed E-state index contributed by atoms with van der Waals surface area (Å²) in [6.07, 6.45) is 0.677. The number of fused-ring (bicyclic) bond motifs is 1. The van der Waals surface area contributed by atoms with Crippen LogP contribution >= 0.6 is 0 Å². The van der Waals surface area contributed by atoms with Crippen molar-refractivity contribution in [2.45, 2.75) is 12.5 Å². The number of carbonyl (C=O) groups excluding carboxylic acids is 1. The molecule has 3 aromatic carbocycles. The molecule has 0 fully saturated rings. The number of para-hydroxylation sites is 1. The fourth-order valence-electron chi connectivity index (χ4n) is 4.16. The number of nitro groups is 1. The average Bonchev–Trinajstić information content (AvgIpc) is 3.32. The Bertz CT molecular complexity index is 1220. The van der Waals surface area contributed by atoms with Crippen molar-refractivity contribution in [2.75, 3.05) is 23.5 Å². The molecule has 5 rings (SSSR count). The van der Waals surface area contributed by atoms with E-state index in [0.717, 1.165) is 28.2 Å². The van der Waals surface area contributed by atoms with Crippen LogP contribution in [0.25, 0.3) is 0 Å². The highest BCUT2D eigenvalue weighted by molar-refractivity contribution is 6.12. The van der Waals surface area contributed by atoms with Gasteiger partial charge in [-0.2, -0.15) is 5.10 Å². The van der Waals surface area contributed by atoms with E-state index in [2.05, 4.69) is 15.4 Å². The third-order valence-electron chi connectivity index (χ3n) is 5.92. The van der Waals surface area contributed by atoms with Crippen LogP contribution in [0.15, 0.2) is 77.9 Å². The molecule has 1 amide bonds. The third-order valence-corrected chi connectivity index (χ3v) is 5.92. The SMILES string of the molecule is CN1CN(c2ccc(C3=NNC(c4ccc([N+](=O)[O-])cc4)C3)cc2)C(=O)c2ccccc21. The summed E-state index contributed by atoms with van der Waals surface area (Å²) in [4.78, 5) is 27.3. The van der Waals surface area contributed by atoms with E-state index in [1.807, 2.05) is 55.6 Å². The van der Waals surface area contributed by atoms with Crippen molar-refractivity contribution in [3.8, 4) is 0 Å². The molecule has 32 heavy (non-hydrogen) atoms. The summed E-state index contributed by atoms with van der Waals surface area (Å²) in [5.41, 5.74) is 8.49. The number of non-ortho nitro benzene ring substituents is 1. The lowest BCUT2D eigenvalue weighted by atomic mass is 9.98. The Labute approximate surface area is 184 Å². The molecule has 1 atom stereocenters. The van der Waals surface area contributed by atoms with Gasteiger partial charge in [0.05, 0.1) is 34.6 Å². The van der Waals surface area contributed by atoms with Gasteiger partial charge < -0.3 is 10.3 Å². The molecule has 0 bridgehead atoms. The van der Waals surface area contributed by atoms with Crippen LogP contribution in [0.3, 0.4) is 0 Å². The van der Waals surface area contributed by atoms with E-state index in [1.54, 1.807) is 17.0 Å². The van der Waals surface area contributed by atoms with E-state index in [0.29, 0.717) is 18.7 Å². The Balaban J connectivity index is 1.30. The Kier molecular flexibility index (Phi) is 4.82. The molecular formula is C24H21N5O3. The number of hydrogen-bond donors (Lipinski definition) is 1. The predicted molar refractivity (Wildman–Crippen MR) is 123 cm³/mol. The molecule has 0 saturated carbocycles. The van der Waals surface area contributed by atoms with E-state index in [-0.39, 0.29) is 17.6 Å². The molecule has 3 aromatic rings. The number of hydrogen-bond acceptors (Lipinski definition) is 6. The van der Waals surface area contributed by atoms with Gasteiger partial charge in [-0.3, -0.25) is 19.8 Å². The first kappa shape index (κ1) is 19.7. The van der Waals surface area contributed by atoms with Crippen LogP contribution in [0.4, 0.5) is 17.1 Å². The Morgan fingerprint density at radius 2 is 1.75 bits per heavy atom. The maximum atomic E-state index is 13.0. The first-order valence-corrected chi connectivity index (χ1v) is 10.3. The second-order valence-electron chi connectivity index (χ2n) is 7.93. The molecular weight excluding hydrogens is 406 g/mol. The van der Waals surface area contributed by atoms with Crippen molar-refractivity contribution in [1.82, 2.24) is 5.43 Å². The number of anilines is 2. The third kappa shape index (κ3) is 3.45. The van der Waals surface area contributed by atoms with Crippen LogP contribution < -0.4 is 15.2 Å². The van der Waals surface area contributed by atoms with Crippen LogP contribution in [0, 0.1) is 10.1 Å². The summed E-state index contributed by atoms with van der Waals surface area (Å²) >= 11 is 0. The zero-order valence-electron chi connectivity index (χ0n) is 17.4. The van der Waals surface area contributed by atoms with Gasteiger partial charge in [0.1, 0.15) is 0 Å². The van der Waals surface area contributed by atoms with Crippen LogP contribution in [0.2, 0.25) is 0 Å². The number of benzene rings is 3. The van der Waals surface area contributed by atoms with Crippen molar-refractivity contribution in [1.29, 1.82) is 0 Å². The van der Waals surface area contributed by atoms with E-state index in [4.69, 9.17) is 0 Å². The van der Waals surface area contributed by atoms with Gasteiger partial charge in [0.2, 0.25) is 0 Å².